The predicted octanol–water partition coefficient (Wildman–Crippen LogP) is -0.837. The third-order valence-corrected chi connectivity index (χ3v) is 2.93. The lowest BCUT2D eigenvalue weighted by molar-refractivity contribution is 0.204. The van der Waals surface area contributed by atoms with Gasteiger partial charge in [0.2, 0.25) is 0 Å². The highest BCUT2D eigenvalue weighted by atomic mass is 32.2. The fourth-order valence-corrected chi connectivity index (χ4v) is 1.84. The molecule has 0 aliphatic heterocycles. The molecule has 0 rings (SSSR count). The average molecular weight is 252 g/mol. The van der Waals surface area contributed by atoms with Crippen molar-refractivity contribution < 1.29 is 13.2 Å². The van der Waals surface area contributed by atoms with Crippen LogP contribution >= 0.6 is 0 Å². The van der Waals surface area contributed by atoms with Crippen molar-refractivity contribution in [1.29, 1.82) is 5.41 Å². The van der Waals surface area contributed by atoms with Crippen LogP contribution < -0.4 is 15.2 Å². The number of hydrogen-bond donors (Lipinski definition) is 4. The average Bonchev–Trinajstić information content (AvgIpc) is 2.16. The minimum absolute atomic E-state index is 0.126. The molecule has 0 saturated heterocycles. The summed E-state index contributed by atoms with van der Waals surface area (Å²) in [6, 6.07) is 0. The van der Waals surface area contributed by atoms with E-state index in [2.05, 4.69) is 9.44 Å². The summed E-state index contributed by atoms with van der Waals surface area (Å²) in [5.74, 6) is 0.126. The van der Waals surface area contributed by atoms with Crippen LogP contribution in [0.15, 0.2) is 0 Å². The number of nitrogens with two attached hydrogens (primary N) is 1. The van der Waals surface area contributed by atoms with Crippen LogP contribution in [0.25, 0.3) is 0 Å². The smallest absolute Gasteiger partial charge is 0.276 e. The second-order valence-corrected chi connectivity index (χ2v) is 4.85. The van der Waals surface area contributed by atoms with Crippen LogP contribution in [0.2, 0.25) is 0 Å². The molecule has 0 atom stereocenters. The van der Waals surface area contributed by atoms with Gasteiger partial charge in [-0.2, -0.15) is 13.1 Å². The van der Waals surface area contributed by atoms with Gasteiger partial charge in [-0.15, -0.1) is 0 Å². The van der Waals surface area contributed by atoms with E-state index in [0.29, 0.717) is 32.4 Å². The zero-order valence-corrected chi connectivity index (χ0v) is 10.3. The van der Waals surface area contributed by atoms with Crippen LogP contribution in [0.3, 0.4) is 0 Å². The van der Waals surface area contributed by atoms with E-state index >= 15 is 0 Å². The predicted molar refractivity (Wildman–Crippen MR) is 62.6 cm³/mol. The van der Waals surface area contributed by atoms with Gasteiger partial charge < -0.3 is 10.5 Å². The highest BCUT2D eigenvalue weighted by Gasteiger charge is 2.06. The summed E-state index contributed by atoms with van der Waals surface area (Å²) < 4.78 is 31.9. The molecule has 0 heterocycles. The second-order valence-electron chi connectivity index (χ2n) is 3.27. The van der Waals surface area contributed by atoms with Crippen molar-refractivity contribution in [3.05, 3.63) is 0 Å². The quantitative estimate of drug-likeness (QED) is 0.230. The van der Waals surface area contributed by atoms with E-state index in [9.17, 15) is 8.42 Å². The summed E-state index contributed by atoms with van der Waals surface area (Å²) in [7, 11) is -1.92. The van der Waals surface area contributed by atoms with Crippen molar-refractivity contribution in [3.63, 3.8) is 0 Å². The van der Waals surface area contributed by atoms with E-state index < -0.39 is 10.2 Å². The molecule has 8 heteroatoms. The standard InChI is InChI=1S/C8H20N4O3S/c1-15-7-6-12-16(13,14)11-5-3-2-4-8(9)10/h11-12H,2-7H2,1H3,(H3,9,10). The number of amidine groups is 1. The van der Waals surface area contributed by atoms with E-state index in [1.807, 2.05) is 0 Å². The number of ether oxygens (including phenoxy) is 1. The molecule has 0 aliphatic rings. The maximum Gasteiger partial charge on any atom is 0.276 e. The monoisotopic (exact) mass is 252 g/mol. The van der Waals surface area contributed by atoms with Gasteiger partial charge in [0.25, 0.3) is 10.2 Å². The number of methoxy groups -OCH3 is 1. The van der Waals surface area contributed by atoms with Crippen LogP contribution in [-0.4, -0.2) is 41.1 Å². The Bertz CT molecular complexity index is 292. The largest absolute Gasteiger partial charge is 0.388 e. The molecular weight excluding hydrogens is 232 g/mol. The van der Waals surface area contributed by atoms with Gasteiger partial charge in [-0.3, -0.25) is 5.41 Å². The van der Waals surface area contributed by atoms with E-state index in [0.717, 1.165) is 0 Å². The van der Waals surface area contributed by atoms with Gasteiger partial charge in [-0.1, -0.05) is 0 Å². The lowest BCUT2D eigenvalue weighted by atomic mass is 10.2. The number of unbranched alkanes of at least 4 members (excludes halogenated alkanes) is 1. The topological polar surface area (TPSA) is 117 Å². The maximum atomic E-state index is 11.3. The number of rotatable bonds is 10. The van der Waals surface area contributed by atoms with Gasteiger partial charge in [0.05, 0.1) is 12.4 Å². The number of hydrogen-bond acceptors (Lipinski definition) is 4. The normalized spacial score (nSPS) is 11.6. The molecule has 0 saturated carbocycles. The minimum Gasteiger partial charge on any atom is -0.388 e. The molecule has 16 heavy (non-hydrogen) atoms. The lowest BCUT2D eigenvalue weighted by Crippen LogP contribution is -2.38. The highest BCUT2D eigenvalue weighted by Crippen LogP contribution is 1.93. The molecule has 0 aliphatic carbocycles. The second kappa shape index (κ2) is 8.45. The first-order chi connectivity index (χ1) is 7.48. The van der Waals surface area contributed by atoms with Crippen molar-refractivity contribution >= 4 is 16.0 Å². The third kappa shape index (κ3) is 9.84. The van der Waals surface area contributed by atoms with Gasteiger partial charge in [-0.25, -0.2) is 4.72 Å². The Morgan fingerprint density at radius 3 is 2.50 bits per heavy atom. The van der Waals surface area contributed by atoms with Gasteiger partial charge in [0.15, 0.2) is 0 Å². The first-order valence-corrected chi connectivity index (χ1v) is 6.52. The Kier molecular flexibility index (Phi) is 8.08. The fourth-order valence-electron chi connectivity index (χ4n) is 0.976. The first-order valence-electron chi connectivity index (χ1n) is 5.04. The van der Waals surface area contributed by atoms with E-state index in [4.69, 9.17) is 15.9 Å². The van der Waals surface area contributed by atoms with Crippen molar-refractivity contribution in [2.24, 2.45) is 5.73 Å². The Morgan fingerprint density at radius 1 is 1.31 bits per heavy atom. The summed E-state index contributed by atoms with van der Waals surface area (Å²) in [6.45, 7) is 0.931. The molecule has 0 aromatic carbocycles. The molecule has 0 bridgehead atoms. The van der Waals surface area contributed by atoms with Crippen molar-refractivity contribution in [1.82, 2.24) is 9.44 Å². The molecule has 0 unspecified atom stereocenters. The molecule has 0 aromatic rings. The molecule has 0 radical (unpaired) electrons. The third-order valence-electron chi connectivity index (χ3n) is 1.76. The Hall–Kier alpha value is -0.700. The molecule has 0 spiro atoms. The Morgan fingerprint density at radius 2 is 1.94 bits per heavy atom. The molecule has 0 amide bonds. The van der Waals surface area contributed by atoms with Crippen LogP contribution in [-0.2, 0) is 14.9 Å². The van der Waals surface area contributed by atoms with Crippen molar-refractivity contribution in [3.8, 4) is 0 Å². The van der Waals surface area contributed by atoms with E-state index in [1.54, 1.807) is 0 Å². The maximum absolute atomic E-state index is 11.3. The van der Waals surface area contributed by atoms with Gasteiger partial charge >= 0.3 is 0 Å². The molecule has 7 nitrogen and oxygen atoms in total. The SMILES string of the molecule is COCCNS(=O)(=O)NCCCCC(=N)N. The Balaban J connectivity index is 3.54. The Labute approximate surface area is 96.4 Å². The minimum atomic E-state index is -3.42. The van der Waals surface area contributed by atoms with E-state index in [-0.39, 0.29) is 12.4 Å². The molecule has 5 N–H and O–H groups in total. The fraction of sp³-hybridized carbons (Fsp3) is 0.875. The van der Waals surface area contributed by atoms with Gasteiger partial charge in [0.1, 0.15) is 0 Å². The zero-order chi connectivity index (χ0) is 12.4. The van der Waals surface area contributed by atoms with Crippen molar-refractivity contribution in [2.75, 3.05) is 26.8 Å². The lowest BCUT2D eigenvalue weighted by Gasteiger charge is -2.07. The first kappa shape index (κ1) is 15.3. The highest BCUT2D eigenvalue weighted by molar-refractivity contribution is 7.87. The summed E-state index contributed by atoms with van der Waals surface area (Å²) in [4.78, 5) is 0. The summed E-state index contributed by atoms with van der Waals surface area (Å²) in [6.07, 6.45) is 1.86. The zero-order valence-electron chi connectivity index (χ0n) is 9.45. The van der Waals surface area contributed by atoms with Crippen molar-refractivity contribution in [2.45, 2.75) is 19.3 Å². The van der Waals surface area contributed by atoms with Gasteiger partial charge in [0, 0.05) is 26.6 Å². The van der Waals surface area contributed by atoms with Crippen LogP contribution in [0, 0.1) is 5.41 Å². The van der Waals surface area contributed by atoms with Crippen LogP contribution in [0.1, 0.15) is 19.3 Å². The van der Waals surface area contributed by atoms with Gasteiger partial charge in [-0.05, 0) is 12.8 Å². The summed E-state index contributed by atoms with van der Waals surface area (Å²) >= 11 is 0. The summed E-state index contributed by atoms with van der Waals surface area (Å²) in [5, 5.41) is 6.98. The van der Waals surface area contributed by atoms with E-state index in [1.165, 1.54) is 7.11 Å². The molecule has 0 fully saturated rings. The molecular formula is C8H20N4O3S. The van der Waals surface area contributed by atoms with Crippen LogP contribution in [0.5, 0.6) is 0 Å². The summed E-state index contributed by atoms with van der Waals surface area (Å²) in [5.41, 5.74) is 5.16. The van der Waals surface area contributed by atoms with Crippen LogP contribution in [0.4, 0.5) is 0 Å². The molecule has 96 valence electrons. The number of nitrogens with one attached hydrogen (secondary N) is 3. The molecule has 0 aromatic heterocycles.